The predicted molar refractivity (Wildman–Crippen MR) is 87.4 cm³/mol. The summed E-state index contributed by atoms with van der Waals surface area (Å²) in [5.74, 6) is 2.26. The van der Waals surface area contributed by atoms with Gasteiger partial charge in [-0.05, 0) is 44.6 Å². The molecule has 3 nitrogen and oxygen atoms in total. The second-order valence-electron chi connectivity index (χ2n) is 4.72. The number of hydrogen-bond acceptors (Lipinski definition) is 3. The summed E-state index contributed by atoms with van der Waals surface area (Å²) in [6.07, 6.45) is 2.69. The third kappa shape index (κ3) is 5.07. The van der Waals surface area contributed by atoms with Gasteiger partial charge in [0.05, 0.1) is 6.54 Å². The summed E-state index contributed by atoms with van der Waals surface area (Å²) < 4.78 is 0. The number of thiophene rings is 1. The SMILES string of the molecule is CCNC(=NCc1ccc(C)s1)NCC1CCCS1. The van der Waals surface area contributed by atoms with Crippen molar-refractivity contribution in [3.05, 3.63) is 21.9 Å². The van der Waals surface area contributed by atoms with E-state index in [1.165, 1.54) is 28.3 Å². The Morgan fingerprint density at radius 1 is 1.42 bits per heavy atom. The molecule has 1 aliphatic rings. The van der Waals surface area contributed by atoms with E-state index in [-0.39, 0.29) is 0 Å². The van der Waals surface area contributed by atoms with Gasteiger partial charge >= 0.3 is 0 Å². The zero-order valence-electron chi connectivity index (χ0n) is 11.7. The molecule has 106 valence electrons. The van der Waals surface area contributed by atoms with Crippen LogP contribution in [-0.2, 0) is 6.54 Å². The van der Waals surface area contributed by atoms with Crippen LogP contribution in [-0.4, -0.2) is 30.1 Å². The molecule has 1 atom stereocenters. The molecule has 0 bridgehead atoms. The Morgan fingerprint density at radius 3 is 2.95 bits per heavy atom. The second-order valence-corrected chi connectivity index (χ2v) is 7.50. The van der Waals surface area contributed by atoms with E-state index < -0.39 is 0 Å². The number of hydrogen-bond donors (Lipinski definition) is 2. The third-order valence-corrected chi connectivity index (χ3v) is 5.44. The molecule has 2 N–H and O–H groups in total. The Balaban J connectivity index is 1.83. The molecule has 0 aliphatic carbocycles. The van der Waals surface area contributed by atoms with Gasteiger partial charge in [0.15, 0.2) is 5.96 Å². The van der Waals surface area contributed by atoms with Gasteiger partial charge in [0, 0.05) is 28.1 Å². The van der Waals surface area contributed by atoms with Crippen molar-refractivity contribution >= 4 is 29.1 Å². The Kier molecular flexibility index (Phi) is 6.04. The van der Waals surface area contributed by atoms with E-state index in [4.69, 9.17) is 0 Å². The Bertz CT molecular complexity index is 409. The maximum atomic E-state index is 4.65. The van der Waals surface area contributed by atoms with E-state index in [0.29, 0.717) is 0 Å². The highest BCUT2D eigenvalue weighted by atomic mass is 32.2. The van der Waals surface area contributed by atoms with Crippen molar-refractivity contribution in [2.75, 3.05) is 18.8 Å². The molecule has 1 unspecified atom stereocenters. The first-order valence-corrected chi connectivity index (χ1v) is 8.83. The van der Waals surface area contributed by atoms with E-state index in [0.717, 1.165) is 30.8 Å². The molecule has 0 spiro atoms. The zero-order chi connectivity index (χ0) is 13.5. The normalized spacial score (nSPS) is 19.7. The van der Waals surface area contributed by atoms with Crippen molar-refractivity contribution in [3.63, 3.8) is 0 Å². The number of aryl methyl sites for hydroxylation is 1. The number of nitrogens with one attached hydrogen (secondary N) is 2. The zero-order valence-corrected chi connectivity index (χ0v) is 13.4. The van der Waals surface area contributed by atoms with Crippen LogP contribution >= 0.6 is 23.1 Å². The highest BCUT2D eigenvalue weighted by molar-refractivity contribution is 8.00. The van der Waals surface area contributed by atoms with Crippen LogP contribution in [0.3, 0.4) is 0 Å². The quantitative estimate of drug-likeness (QED) is 0.648. The van der Waals surface area contributed by atoms with Gasteiger partial charge in [0.2, 0.25) is 0 Å². The highest BCUT2D eigenvalue weighted by Gasteiger charge is 2.15. The van der Waals surface area contributed by atoms with Crippen molar-refractivity contribution in [2.24, 2.45) is 4.99 Å². The minimum Gasteiger partial charge on any atom is -0.357 e. The van der Waals surface area contributed by atoms with E-state index in [1.807, 2.05) is 11.3 Å². The molecule has 0 saturated carbocycles. The third-order valence-electron chi connectivity index (χ3n) is 3.05. The first-order valence-electron chi connectivity index (χ1n) is 6.97. The van der Waals surface area contributed by atoms with Gasteiger partial charge < -0.3 is 10.6 Å². The molecule has 1 aromatic heterocycles. The maximum Gasteiger partial charge on any atom is 0.191 e. The summed E-state index contributed by atoms with van der Waals surface area (Å²) in [7, 11) is 0. The second kappa shape index (κ2) is 7.80. The van der Waals surface area contributed by atoms with Crippen molar-refractivity contribution in [3.8, 4) is 0 Å². The predicted octanol–water partition coefficient (Wildman–Crippen LogP) is 3.01. The molecule has 1 aromatic rings. The summed E-state index contributed by atoms with van der Waals surface area (Å²) >= 11 is 3.90. The van der Waals surface area contributed by atoms with E-state index in [9.17, 15) is 0 Å². The smallest absolute Gasteiger partial charge is 0.191 e. The monoisotopic (exact) mass is 297 g/mol. The summed E-state index contributed by atoms with van der Waals surface area (Å²) in [6, 6.07) is 4.32. The van der Waals surface area contributed by atoms with Crippen LogP contribution < -0.4 is 10.6 Å². The summed E-state index contributed by atoms with van der Waals surface area (Å²) in [6.45, 7) is 6.95. The van der Waals surface area contributed by atoms with E-state index in [2.05, 4.69) is 53.4 Å². The van der Waals surface area contributed by atoms with Crippen molar-refractivity contribution in [1.29, 1.82) is 0 Å². The molecule has 1 fully saturated rings. The Labute approximate surface area is 124 Å². The fraction of sp³-hybridized carbons (Fsp3) is 0.643. The van der Waals surface area contributed by atoms with Gasteiger partial charge in [-0.25, -0.2) is 4.99 Å². The molecular weight excluding hydrogens is 274 g/mol. The molecule has 5 heteroatoms. The maximum absolute atomic E-state index is 4.65. The Morgan fingerprint density at radius 2 is 2.32 bits per heavy atom. The molecule has 0 aromatic carbocycles. The number of guanidine groups is 1. The topological polar surface area (TPSA) is 36.4 Å². The molecule has 2 heterocycles. The van der Waals surface area contributed by atoms with Crippen molar-refractivity contribution in [2.45, 2.75) is 38.5 Å². The molecule has 1 saturated heterocycles. The van der Waals surface area contributed by atoms with Gasteiger partial charge in [-0.1, -0.05) is 0 Å². The first-order chi connectivity index (χ1) is 9.28. The van der Waals surface area contributed by atoms with Gasteiger partial charge in [-0.15, -0.1) is 11.3 Å². The molecular formula is C14H23N3S2. The Hall–Kier alpha value is -0.680. The lowest BCUT2D eigenvalue weighted by molar-refractivity contribution is 0.727. The molecule has 0 radical (unpaired) electrons. The fourth-order valence-electron chi connectivity index (χ4n) is 2.08. The number of rotatable bonds is 5. The van der Waals surface area contributed by atoms with E-state index >= 15 is 0 Å². The van der Waals surface area contributed by atoms with Gasteiger partial charge in [-0.3, -0.25) is 0 Å². The number of nitrogens with zero attached hydrogens (tertiary/aromatic N) is 1. The van der Waals surface area contributed by atoms with Crippen LogP contribution in [0.5, 0.6) is 0 Å². The summed E-state index contributed by atoms with van der Waals surface area (Å²) in [5.41, 5.74) is 0. The van der Waals surface area contributed by atoms with Crippen LogP contribution in [0.25, 0.3) is 0 Å². The van der Waals surface area contributed by atoms with Crippen LogP contribution in [0.15, 0.2) is 17.1 Å². The average Bonchev–Trinajstić information content (AvgIpc) is 3.04. The molecule has 2 rings (SSSR count). The minimum absolute atomic E-state index is 0.757. The lowest BCUT2D eigenvalue weighted by atomic mass is 10.2. The average molecular weight is 297 g/mol. The molecule has 0 amide bonds. The van der Waals surface area contributed by atoms with Crippen molar-refractivity contribution in [1.82, 2.24) is 10.6 Å². The summed E-state index contributed by atoms with van der Waals surface area (Å²) in [5, 5.41) is 7.54. The first kappa shape index (κ1) is 14.7. The summed E-state index contributed by atoms with van der Waals surface area (Å²) in [4.78, 5) is 7.33. The van der Waals surface area contributed by atoms with Crippen molar-refractivity contribution < 1.29 is 0 Å². The highest BCUT2D eigenvalue weighted by Crippen LogP contribution is 2.25. The van der Waals surface area contributed by atoms with Gasteiger partial charge in [0.25, 0.3) is 0 Å². The largest absolute Gasteiger partial charge is 0.357 e. The van der Waals surface area contributed by atoms with E-state index in [1.54, 1.807) is 0 Å². The van der Waals surface area contributed by atoms with Gasteiger partial charge in [-0.2, -0.15) is 11.8 Å². The lowest BCUT2D eigenvalue weighted by Gasteiger charge is -2.14. The van der Waals surface area contributed by atoms with Crippen LogP contribution in [0.4, 0.5) is 0 Å². The fourth-order valence-corrected chi connectivity index (χ4v) is 4.10. The van der Waals surface area contributed by atoms with Crippen LogP contribution in [0, 0.1) is 6.92 Å². The van der Waals surface area contributed by atoms with Crippen LogP contribution in [0.1, 0.15) is 29.5 Å². The number of thioether (sulfide) groups is 1. The standard InChI is InChI=1S/C14H23N3S2/c1-3-15-14(16-9-12-5-4-8-18-12)17-10-13-7-6-11(2)19-13/h6-7,12H,3-5,8-10H2,1-2H3,(H2,15,16,17). The lowest BCUT2D eigenvalue weighted by Crippen LogP contribution is -2.40. The van der Waals surface area contributed by atoms with Crippen LogP contribution in [0.2, 0.25) is 0 Å². The minimum atomic E-state index is 0.757. The van der Waals surface area contributed by atoms with Gasteiger partial charge in [0.1, 0.15) is 0 Å². The molecule has 1 aliphatic heterocycles. The number of aliphatic imine (C=N–C) groups is 1. The molecule has 19 heavy (non-hydrogen) atoms.